The number of aryl methyl sites for hydroxylation is 2. The smallest absolute Gasteiger partial charge is 0.259 e. The molecule has 0 fully saturated rings. The fourth-order valence-electron chi connectivity index (χ4n) is 1.49. The second-order valence-corrected chi connectivity index (χ2v) is 6.51. The molecule has 0 aliphatic carbocycles. The lowest BCUT2D eigenvalue weighted by Crippen LogP contribution is -2.29. The fourth-order valence-corrected chi connectivity index (χ4v) is 2.75. The first-order chi connectivity index (χ1) is 8.40. The van der Waals surface area contributed by atoms with Crippen LogP contribution in [0.15, 0.2) is 11.2 Å². The molecule has 0 aliphatic rings. The van der Waals surface area contributed by atoms with E-state index in [4.69, 9.17) is 11.6 Å². The summed E-state index contributed by atoms with van der Waals surface area (Å²) in [5.74, 6) is 0.704. The maximum absolute atomic E-state index is 12.0. The second-order valence-electron chi connectivity index (χ2n) is 4.18. The van der Waals surface area contributed by atoms with Crippen molar-refractivity contribution in [3.05, 3.63) is 12.0 Å². The molecule has 1 rings (SSSR count). The Kier molecular flexibility index (Phi) is 5.62. The van der Waals surface area contributed by atoms with Gasteiger partial charge in [0.05, 0.1) is 0 Å². The summed E-state index contributed by atoms with van der Waals surface area (Å²) in [7, 11) is -3.55. The van der Waals surface area contributed by atoms with Crippen LogP contribution in [0.4, 0.5) is 0 Å². The van der Waals surface area contributed by atoms with Crippen molar-refractivity contribution in [2.45, 2.75) is 50.6 Å². The standard InChI is InChI=1S/C11H20ClN3O2S/c1-4-6-15-8-11(14-9(15)3)18(16,17)13-7-10(12)5-2/h8,10,13H,4-7H2,1-3H3. The third-order valence-electron chi connectivity index (χ3n) is 2.63. The Morgan fingerprint density at radius 2 is 2.17 bits per heavy atom. The van der Waals surface area contributed by atoms with Crippen molar-refractivity contribution in [3.63, 3.8) is 0 Å². The van der Waals surface area contributed by atoms with Gasteiger partial charge in [0.1, 0.15) is 5.82 Å². The van der Waals surface area contributed by atoms with E-state index in [1.54, 1.807) is 13.1 Å². The Balaban J connectivity index is 2.82. The highest BCUT2D eigenvalue weighted by molar-refractivity contribution is 7.89. The highest BCUT2D eigenvalue weighted by Crippen LogP contribution is 2.10. The van der Waals surface area contributed by atoms with Crippen LogP contribution in [0.5, 0.6) is 0 Å². The van der Waals surface area contributed by atoms with Gasteiger partial charge in [-0.25, -0.2) is 18.1 Å². The van der Waals surface area contributed by atoms with E-state index in [0.29, 0.717) is 12.2 Å². The zero-order chi connectivity index (χ0) is 13.8. The first kappa shape index (κ1) is 15.5. The third kappa shape index (κ3) is 3.96. The average Bonchev–Trinajstić information content (AvgIpc) is 2.69. The predicted molar refractivity (Wildman–Crippen MR) is 72.4 cm³/mol. The zero-order valence-electron chi connectivity index (χ0n) is 11.0. The number of nitrogens with one attached hydrogen (secondary N) is 1. The molecule has 0 aromatic carbocycles. The van der Waals surface area contributed by atoms with E-state index in [0.717, 1.165) is 13.0 Å². The second kappa shape index (κ2) is 6.54. The Bertz CT molecular complexity index is 484. The largest absolute Gasteiger partial charge is 0.334 e. The molecule has 5 nitrogen and oxygen atoms in total. The molecular weight excluding hydrogens is 274 g/mol. The summed E-state index contributed by atoms with van der Waals surface area (Å²) in [6.45, 7) is 6.73. The van der Waals surface area contributed by atoms with Gasteiger partial charge in [0.2, 0.25) is 0 Å². The molecule has 7 heteroatoms. The summed E-state index contributed by atoms with van der Waals surface area (Å²) in [6.07, 6.45) is 3.22. The topological polar surface area (TPSA) is 64.0 Å². The van der Waals surface area contributed by atoms with Gasteiger partial charge in [-0.2, -0.15) is 0 Å². The number of imidazole rings is 1. The molecule has 1 aromatic rings. The minimum atomic E-state index is -3.55. The van der Waals surface area contributed by atoms with Gasteiger partial charge >= 0.3 is 0 Å². The van der Waals surface area contributed by atoms with Crippen molar-refractivity contribution < 1.29 is 8.42 Å². The van der Waals surface area contributed by atoms with Crippen LogP contribution < -0.4 is 4.72 Å². The lowest BCUT2D eigenvalue weighted by molar-refractivity contribution is 0.575. The number of aromatic nitrogens is 2. The molecule has 0 bridgehead atoms. The molecule has 18 heavy (non-hydrogen) atoms. The fraction of sp³-hybridized carbons (Fsp3) is 0.727. The molecule has 0 spiro atoms. The minimum Gasteiger partial charge on any atom is -0.334 e. The molecule has 1 aromatic heterocycles. The molecule has 0 radical (unpaired) electrons. The van der Waals surface area contributed by atoms with Crippen LogP contribution in [0.1, 0.15) is 32.5 Å². The van der Waals surface area contributed by atoms with Crippen LogP contribution in [0, 0.1) is 6.92 Å². The van der Waals surface area contributed by atoms with Gasteiger partial charge in [-0.3, -0.25) is 0 Å². The Morgan fingerprint density at radius 3 is 2.72 bits per heavy atom. The number of sulfonamides is 1. The molecule has 0 aliphatic heterocycles. The Labute approximate surface area is 114 Å². The Hall–Kier alpha value is -0.590. The van der Waals surface area contributed by atoms with E-state index in [1.165, 1.54) is 0 Å². The summed E-state index contributed by atoms with van der Waals surface area (Å²) < 4.78 is 28.3. The van der Waals surface area contributed by atoms with Crippen molar-refractivity contribution in [2.24, 2.45) is 0 Å². The number of halogens is 1. The van der Waals surface area contributed by atoms with Gasteiger partial charge in [0.15, 0.2) is 5.03 Å². The van der Waals surface area contributed by atoms with Crippen LogP contribution in [-0.4, -0.2) is 29.9 Å². The van der Waals surface area contributed by atoms with Gasteiger partial charge in [0, 0.05) is 24.7 Å². The van der Waals surface area contributed by atoms with E-state index in [2.05, 4.69) is 9.71 Å². The summed E-state index contributed by atoms with van der Waals surface area (Å²) in [5, 5.41) is -0.132. The molecule has 1 N–H and O–H groups in total. The molecule has 0 saturated carbocycles. The SMILES string of the molecule is CCCn1cc(S(=O)(=O)NCC(Cl)CC)nc1C. The maximum atomic E-state index is 12.0. The monoisotopic (exact) mass is 293 g/mol. The highest BCUT2D eigenvalue weighted by atomic mass is 35.5. The Morgan fingerprint density at radius 1 is 1.50 bits per heavy atom. The van der Waals surface area contributed by atoms with Crippen LogP contribution in [0.3, 0.4) is 0 Å². The maximum Gasteiger partial charge on any atom is 0.259 e. The van der Waals surface area contributed by atoms with Crippen molar-refractivity contribution in [2.75, 3.05) is 6.54 Å². The molecule has 104 valence electrons. The highest BCUT2D eigenvalue weighted by Gasteiger charge is 2.19. The third-order valence-corrected chi connectivity index (χ3v) is 4.39. The summed E-state index contributed by atoms with van der Waals surface area (Å²) in [6, 6.07) is 0. The van der Waals surface area contributed by atoms with Crippen LogP contribution >= 0.6 is 11.6 Å². The van der Waals surface area contributed by atoms with E-state index < -0.39 is 10.0 Å². The van der Waals surface area contributed by atoms with Crippen molar-refractivity contribution >= 4 is 21.6 Å². The van der Waals surface area contributed by atoms with Crippen molar-refractivity contribution in [3.8, 4) is 0 Å². The van der Waals surface area contributed by atoms with Crippen LogP contribution in [0.25, 0.3) is 0 Å². The first-order valence-corrected chi connectivity index (χ1v) is 8.00. The summed E-state index contributed by atoms with van der Waals surface area (Å²) >= 11 is 5.89. The minimum absolute atomic E-state index is 0.0634. The average molecular weight is 294 g/mol. The molecule has 1 heterocycles. The number of alkyl halides is 1. The van der Waals surface area contributed by atoms with E-state index in [-0.39, 0.29) is 16.9 Å². The lowest BCUT2D eigenvalue weighted by atomic mass is 10.3. The van der Waals surface area contributed by atoms with Gasteiger partial charge in [-0.15, -0.1) is 11.6 Å². The number of hydrogen-bond donors (Lipinski definition) is 1. The van der Waals surface area contributed by atoms with Crippen molar-refractivity contribution in [1.82, 2.24) is 14.3 Å². The number of hydrogen-bond acceptors (Lipinski definition) is 3. The van der Waals surface area contributed by atoms with Crippen LogP contribution in [-0.2, 0) is 16.6 Å². The van der Waals surface area contributed by atoms with E-state index >= 15 is 0 Å². The van der Waals surface area contributed by atoms with Gasteiger partial charge in [-0.05, 0) is 19.8 Å². The lowest BCUT2D eigenvalue weighted by Gasteiger charge is -2.07. The number of nitrogens with zero attached hydrogens (tertiary/aromatic N) is 2. The van der Waals surface area contributed by atoms with Crippen molar-refractivity contribution in [1.29, 1.82) is 0 Å². The summed E-state index contributed by atoms with van der Waals surface area (Å²) in [4.78, 5) is 4.07. The normalized spacial score (nSPS) is 13.8. The molecular formula is C11H20ClN3O2S. The number of rotatable bonds is 7. The summed E-state index contributed by atoms with van der Waals surface area (Å²) in [5.41, 5.74) is 0. The molecule has 1 atom stereocenters. The predicted octanol–water partition coefficient (Wildman–Crippen LogP) is 1.90. The quantitative estimate of drug-likeness (QED) is 0.781. The first-order valence-electron chi connectivity index (χ1n) is 6.08. The van der Waals surface area contributed by atoms with Crippen LogP contribution in [0.2, 0.25) is 0 Å². The van der Waals surface area contributed by atoms with E-state index in [9.17, 15) is 8.42 Å². The zero-order valence-corrected chi connectivity index (χ0v) is 12.6. The molecule has 1 unspecified atom stereocenters. The molecule has 0 saturated heterocycles. The van der Waals surface area contributed by atoms with Gasteiger partial charge in [-0.1, -0.05) is 13.8 Å². The molecule has 0 amide bonds. The van der Waals surface area contributed by atoms with Gasteiger partial charge in [0.25, 0.3) is 10.0 Å². The van der Waals surface area contributed by atoms with Gasteiger partial charge < -0.3 is 4.57 Å². The van der Waals surface area contributed by atoms with E-state index in [1.807, 2.05) is 18.4 Å².